The van der Waals surface area contributed by atoms with Crippen molar-refractivity contribution < 1.29 is 9.47 Å². The Hall–Kier alpha value is -2.16. The molecule has 0 atom stereocenters. The predicted molar refractivity (Wildman–Crippen MR) is 101 cm³/mol. The minimum atomic E-state index is 0.523. The van der Waals surface area contributed by atoms with Crippen molar-refractivity contribution in [2.24, 2.45) is 0 Å². The van der Waals surface area contributed by atoms with E-state index in [0.29, 0.717) is 28.9 Å². The first-order valence-corrected chi connectivity index (χ1v) is 8.71. The average molecular weight is 408 g/mol. The third-order valence-electron chi connectivity index (χ3n) is 3.04. The number of anilines is 1. The average Bonchev–Trinajstić information content (AvgIpc) is 2.58. The first kappa shape index (κ1) is 18.2. The molecule has 1 N–H and O–H groups in total. The van der Waals surface area contributed by atoms with E-state index in [1.807, 2.05) is 31.3 Å². The number of nitriles is 1. The van der Waals surface area contributed by atoms with Crippen molar-refractivity contribution in [1.82, 2.24) is 0 Å². The van der Waals surface area contributed by atoms with Crippen molar-refractivity contribution in [2.45, 2.75) is 0 Å². The Balaban J connectivity index is 2.31. The van der Waals surface area contributed by atoms with Crippen molar-refractivity contribution in [3.05, 3.63) is 53.1 Å². The molecule has 0 fully saturated rings. The van der Waals surface area contributed by atoms with Crippen LogP contribution in [0.1, 0.15) is 5.56 Å². The fourth-order valence-electron chi connectivity index (χ4n) is 2.01. The van der Waals surface area contributed by atoms with Gasteiger partial charge in [-0.15, -0.1) is 0 Å². The fraction of sp³-hybridized carbons (Fsp3) is 0.167. The van der Waals surface area contributed by atoms with Gasteiger partial charge >= 0.3 is 0 Å². The van der Waals surface area contributed by atoms with E-state index in [9.17, 15) is 0 Å². The molecule has 0 bridgehead atoms. The molecule has 124 valence electrons. The van der Waals surface area contributed by atoms with Crippen molar-refractivity contribution in [3.63, 3.8) is 0 Å². The first-order chi connectivity index (χ1) is 11.7. The summed E-state index contributed by atoms with van der Waals surface area (Å²) in [5.41, 5.74) is 1.71. The second kappa shape index (κ2) is 9.21. The van der Waals surface area contributed by atoms with E-state index in [1.165, 1.54) is 6.08 Å². The van der Waals surface area contributed by atoms with Crippen LogP contribution in [0.15, 0.2) is 42.5 Å². The lowest BCUT2D eigenvalue weighted by atomic mass is 10.2. The second-order valence-electron chi connectivity index (χ2n) is 4.73. The van der Waals surface area contributed by atoms with Crippen LogP contribution in [0.3, 0.4) is 0 Å². The smallest absolute Gasteiger partial charge is 0.169 e. The molecule has 0 aromatic heterocycles. The highest BCUT2D eigenvalue weighted by Crippen LogP contribution is 2.35. The molecule has 0 saturated carbocycles. The summed E-state index contributed by atoms with van der Waals surface area (Å²) in [5, 5.41) is 13.0. The normalized spacial score (nSPS) is 10.4. The van der Waals surface area contributed by atoms with Crippen LogP contribution in [-0.2, 0) is 0 Å². The van der Waals surface area contributed by atoms with Gasteiger partial charge in [-0.1, -0.05) is 27.5 Å². The molecule has 0 radical (unpaired) electrons. The summed E-state index contributed by atoms with van der Waals surface area (Å²) in [7, 11) is 1.84. The van der Waals surface area contributed by atoms with Gasteiger partial charge in [-0.05, 0) is 42.0 Å². The molecule has 2 aromatic rings. The highest BCUT2D eigenvalue weighted by atomic mass is 79.9. The van der Waals surface area contributed by atoms with Crippen LogP contribution < -0.4 is 14.8 Å². The molecular formula is C18H16BrClN2O2. The molecular weight excluding hydrogens is 392 g/mol. The molecule has 2 rings (SSSR count). The minimum Gasteiger partial charge on any atom is -0.489 e. The zero-order chi connectivity index (χ0) is 17.4. The second-order valence-corrected chi connectivity index (χ2v) is 5.96. The van der Waals surface area contributed by atoms with Gasteiger partial charge in [0.05, 0.1) is 12.7 Å². The summed E-state index contributed by atoms with van der Waals surface area (Å²) < 4.78 is 11.7. The minimum absolute atomic E-state index is 0.523. The first-order valence-electron chi connectivity index (χ1n) is 7.21. The lowest BCUT2D eigenvalue weighted by molar-refractivity contribution is 0.325. The SMILES string of the molecule is CNc1ccc(Oc2cc(Cl)cc(/C=C/C#N)c2)c(OCCBr)c1. The number of ether oxygens (including phenoxy) is 2. The van der Waals surface area contributed by atoms with Crippen LogP contribution in [0.4, 0.5) is 5.69 Å². The van der Waals surface area contributed by atoms with Gasteiger partial charge in [0.15, 0.2) is 11.5 Å². The molecule has 6 heteroatoms. The monoisotopic (exact) mass is 406 g/mol. The van der Waals surface area contributed by atoms with Crippen molar-refractivity contribution in [3.8, 4) is 23.3 Å². The van der Waals surface area contributed by atoms with Crippen LogP contribution in [0, 0.1) is 11.3 Å². The molecule has 0 aliphatic carbocycles. The predicted octanol–water partition coefficient (Wildman–Crippen LogP) is 5.48. The van der Waals surface area contributed by atoms with E-state index < -0.39 is 0 Å². The van der Waals surface area contributed by atoms with E-state index in [0.717, 1.165) is 16.6 Å². The van der Waals surface area contributed by atoms with E-state index in [4.69, 9.17) is 26.3 Å². The summed E-state index contributed by atoms with van der Waals surface area (Å²) in [6.45, 7) is 0.523. The number of nitrogens with one attached hydrogen (secondary N) is 1. The number of nitrogens with zero attached hydrogens (tertiary/aromatic N) is 1. The van der Waals surface area contributed by atoms with E-state index in [1.54, 1.807) is 24.3 Å². The standard InChI is InChI=1S/C18H16BrClN2O2/c1-22-15-4-5-17(18(12-15)23-8-6-19)24-16-10-13(3-2-7-21)9-14(20)11-16/h2-5,9-12,22H,6,8H2,1H3/b3-2+. The topological polar surface area (TPSA) is 54.3 Å². The van der Waals surface area contributed by atoms with Crippen LogP contribution >= 0.6 is 27.5 Å². The Kier molecular flexibility index (Phi) is 6.98. The molecule has 24 heavy (non-hydrogen) atoms. The van der Waals surface area contributed by atoms with E-state index in [2.05, 4.69) is 21.2 Å². The largest absolute Gasteiger partial charge is 0.489 e. The highest BCUT2D eigenvalue weighted by Gasteiger charge is 2.09. The number of alkyl halides is 1. The number of hydrogen-bond donors (Lipinski definition) is 1. The molecule has 0 unspecified atom stereocenters. The van der Waals surface area contributed by atoms with Gasteiger partial charge in [-0.2, -0.15) is 5.26 Å². The Morgan fingerprint density at radius 2 is 2.08 bits per heavy atom. The number of halogens is 2. The number of allylic oxidation sites excluding steroid dienone is 1. The van der Waals surface area contributed by atoms with Gasteiger partial charge in [0, 0.05) is 35.2 Å². The van der Waals surface area contributed by atoms with Gasteiger partial charge < -0.3 is 14.8 Å². The number of rotatable bonds is 7. The maximum absolute atomic E-state index is 8.64. The van der Waals surface area contributed by atoms with Crippen LogP contribution in [0.25, 0.3) is 6.08 Å². The Morgan fingerprint density at radius 1 is 1.25 bits per heavy atom. The molecule has 0 saturated heterocycles. The Labute approximate surface area is 154 Å². The Morgan fingerprint density at radius 3 is 2.79 bits per heavy atom. The summed E-state index contributed by atoms with van der Waals surface area (Å²) in [5.74, 6) is 1.80. The quantitative estimate of drug-likeness (QED) is 0.487. The lowest BCUT2D eigenvalue weighted by Crippen LogP contribution is -2.00. The molecule has 4 nitrogen and oxygen atoms in total. The lowest BCUT2D eigenvalue weighted by Gasteiger charge is -2.14. The van der Waals surface area contributed by atoms with E-state index >= 15 is 0 Å². The van der Waals surface area contributed by atoms with Gasteiger partial charge in [0.1, 0.15) is 5.75 Å². The van der Waals surface area contributed by atoms with Crippen LogP contribution in [0.5, 0.6) is 17.2 Å². The van der Waals surface area contributed by atoms with Gasteiger partial charge in [-0.25, -0.2) is 0 Å². The molecule has 0 heterocycles. The zero-order valence-corrected chi connectivity index (χ0v) is 15.4. The van der Waals surface area contributed by atoms with Gasteiger partial charge in [0.25, 0.3) is 0 Å². The fourth-order valence-corrected chi connectivity index (χ4v) is 2.40. The molecule has 0 amide bonds. The van der Waals surface area contributed by atoms with Crippen LogP contribution in [0.2, 0.25) is 5.02 Å². The number of benzene rings is 2. The number of hydrogen-bond acceptors (Lipinski definition) is 4. The Bertz CT molecular complexity index is 772. The maximum atomic E-state index is 8.64. The summed E-state index contributed by atoms with van der Waals surface area (Å²) in [6.07, 6.45) is 3.06. The third-order valence-corrected chi connectivity index (χ3v) is 3.58. The molecule has 0 spiro atoms. The highest BCUT2D eigenvalue weighted by molar-refractivity contribution is 9.09. The maximum Gasteiger partial charge on any atom is 0.169 e. The molecule has 0 aliphatic heterocycles. The zero-order valence-electron chi connectivity index (χ0n) is 13.1. The van der Waals surface area contributed by atoms with E-state index in [-0.39, 0.29) is 0 Å². The van der Waals surface area contributed by atoms with Gasteiger partial charge in [-0.3, -0.25) is 0 Å². The van der Waals surface area contributed by atoms with Gasteiger partial charge in [0.2, 0.25) is 0 Å². The van der Waals surface area contributed by atoms with Crippen molar-refractivity contribution in [2.75, 3.05) is 24.3 Å². The molecule has 0 aliphatic rings. The summed E-state index contributed by atoms with van der Waals surface area (Å²) in [4.78, 5) is 0. The third kappa shape index (κ3) is 5.19. The van der Waals surface area contributed by atoms with Crippen molar-refractivity contribution >= 4 is 39.3 Å². The van der Waals surface area contributed by atoms with Crippen LogP contribution in [-0.4, -0.2) is 19.0 Å². The molecule has 2 aromatic carbocycles. The summed E-state index contributed by atoms with van der Waals surface area (Å²) >= 11 is 9.47. The summed E-state index contributed by atoms with van der Waals surface area (Å²) in [6, 6.07) is 12.8. The van der Waals surface area contributed by atoms with Crippen molar-refractivity contribution in [1.29, 1.82) is 5.26 Å².